The van der Waals surface area contributed by atoms with E-state index in [-0.39, 0.29) is 12.1 Å². The summed E-state index contributed by atoms with van der Waals surface area (Å²) >= 11 is 1.69. The van der Waals surface area contributed by atoms with Gasteiger partial charge in [0.15, 0.2) is 0 Å². The second kappa shape index (κ2) is 11.3. The highest BCUT2D eigenvalue weighted by atomic mass is 32.1. The molecule has 2 N–H and O–H groups in total. The largest absolute Gasteiger partial charge is 0.497 e. The Balaban J connectivity index is 1.52. The van der Waals surface area contributed by atoms with Crippen molar-refractivity contribution in [1.82, 2.24) is 20.4 Å². The third-order valence-corrected chi connectivity index (χ3v) is 6.61. The molecule has 0 unspecified atom stereocenters. The van der Waals surface area contributed by atoms with Gasteiger partial charge in [-0.25, -0.2) is 0 Å². The van der Waals surface area contributed by atoms with Crippen molar-refractivity contribution in [1.29, 1.82) is 0 Å². The molecule has 1 fully saturated rings. The third kappa shape index (κ3) is 6.53. The van der Waals surface area contributed by atoms with Gasteiger partial charge < -0.3 is 20.3 Å². The highest BCUT2D eigenvalue weighted by Gasteiger charge is 2.31. The predicted molar refractivity (Wildman–Crippen MR) is 123 cm³/mol. The van der Waals surface area contributed by atoms with E-state index in [9.17, 15) is 9.59 Å². The zero-order valence-corrected chi connectivity index (χ0v) is 19.3. The fourth-order valence-electron chi connectivity index (χ4n) is 3.85. The van der Waals surface area contributed by atoms with Crippen molar-refractivity contribution in [2.75, 3.05) is 46.9 Å². The molecule has 2 aromatic rings. The van der Waals surface area contributed by atoms with E-state index >= 15 is 0 Å². The lowest BCUT2D eigenvalue weighted by Crippen LogP contribution is -2.53. The van der Waals surface area contributed by atoms with Crippen molar-refractivity contribution in [3.8, 4) is 5.75 Å². The quantitative estimate of drug-likeness (QED) is 0.609. The number of ether oxygens (including phenoxy) is 1. The van der Waals surface area contributed by atoms with Crippen LogP contribution in [0.25, 0.3) is 0 Å². The maximum Gasteiger partial charge on any atom is 0.309 e. The van der Waals surface area contributed by atoms with Crippen molar-refractivity contribution in [2.45, 2.75) is 25.4 Å². The molecule has 1 aliphatic heterocycles. The molecular formula is C23H32N4O3S. The summed E-state index contributed by atoms with van der Waals surface area (Å²) in [5.41, 5.74) is 1.07. The molecule has 0 aliphatic carbocycles. The van der Waals surface area contributed by atoms with Gasteiger partial charge in [0.1, 0.15) is 5.75 Å². The summed E-state index contributed by atoms with van der Waals surface area (Å²) in [4.78, 5) is 30.8. The minimum atomic E-state index is -0.594. The van der Waals surface area contributed by atoms with Gasteiger partial charge in [0.05, 0.1) is 13.2 Å². The first-order chi connectivity index (χ1) is 15.0. The van der Waals surface area contributed by atoms with E-state index in [4.69, 9.17) is 4.74 Å². The number of nitrogens with zero attached hydrogens (tertiary/aromatic N) is 2. The van der Waals surface area contributed by atoms with Gasteiger partial charge in [0.2, 0.25) is 0 Å². The average Bonchev–Trinajstić information content (AvgIpc) is 3.30. The van der Waals surface area contributed by atoms with Crippen LogP contribution in [0.1, 0.15) is 23.4 Å². The molecule has 8 heteroatoms. The zero-order valence-electron chi connectivity index (χ0n) is 18.5. The summed E-state index contributed by atoms with van der Waals surface area (Å²) < 4.78 is 5.15. The molecule has 0 radical (unpaired) electrons. The number of benzene rings is 1. The van der Waals surface area contributed by atoms with Crippen LogP contribution in [0.5, 0.6) is 5.75 Å². The van der Waals surface area contributed by atoms with Crippen molar-refractivity contribution >= 4 is 23.2 Å². The van der Waals surface area contributed by atoms with Crippen LogP contribution in [-0.4, -0.2) is 74.5 Å². The lowest BCUT2D eigenvalue weighted by atomic mass is 10.0. The number of hydrogen-bond donors (Lipinski definition) is 2. The van der Waals surface area contributed by atoms with E-state index in [1.54, 1.807) is 18.4 Å². The van der Waals surface area contributed by atoms with E-state index in [1.807, 2.05) is 37.3 Å². The number of nitrogens with one attached hydrogen (secondary N) is 2. The number of rotatable bonds is 8. The summed E-state index contributed by atoms with van der Waals surface area (Å²) in [5.74, 6) is -0.386. The standard InChI is InChI=1S/C23H32N4O3S/c1-17(21(20-5-4-16-31-20)27-14-12-26(2)13-15-27)25-23(29)22(28)24-11-10-18-6-8-19(30-3)9-7-18/h4-9,16-17,21H,10-15H2,1-3H3,(H,24,28)(H,25,29)/t17-,21-/m1/s1. The van der Waals surface area contributed by atoms with Gasteiger partial charge >= 0.3 is 11.8 Å². The molecule has 1 aliphatic rings. The van der Waals surface area contributed by atoms with E-state index in [2.05, 4.69) is 38.9 Å². The van der Waals surface area contributed by atoms with Crippen LogP contribution in [-0.2, 0) is 16.0 Å². The van der Waals surface area contributed by atoms with E-state index in [0.717, 1.165) is 37.5 Å². The maximum atomic E-state index is 12.5. The summed E-state index contributed by atoms with van der Waals surface area (Å²) in [5, 5.41) is 7.70. The Morgan fingerprint density at radius 1 is 1.10 bits per heavy atom. The van der Waals surface area contributed by atoms with Gasteiger partial charge in [-0.15, -0.1) is 11.3 Å². The zero-order chi connectivity index (χ0) is 22.2. The molecule has 3 rings (SSSR count). The van der Waals surface area contributed by atoms with Crippen LogP contribution < -0.4 is 15.4 Å². The van der Waals surface area contributed by atoms with Crippen molar-refractivity contribution in [3.05, 3.63) is 52.2 Å². The first kappa shape index (κ1) is 23.2. The molecular weight excluding hydrogens is 412 g/mol. The molecule has 1 saturated heterocycles. The van der Waals surface area contributed by atoms with E-state index in [0.29, 0.717) is 13.0 Å². The Morgan fingerprint density at radius 2 is 1.81 bits per heavy atom. The minimum Gasteiger partial charge on any atom is -0.497 e. The van der Waals surface area contributed by atoms with Crippen molar-refractivity contribution in [3.63, 3.8) is 0 Å². The molecule has 1 aromatic heterocycles. The number of likely N-dealkylation sites (N-methyl/N-ethyl adjacent to an activating group) is 1. The fraction of sp³-hybridized carbons (Fsp3) is 0.478. The van der Waals surface area contributed by atoms with Gasteiger partial charge in [-0.3, -0.25) is 14.5 Å². The number of carbonyl (C=O) groups is 2. The second-order valence-corrected chi connectivity index (χ2v) is 8.89. The first-order valence-corrected chi connectivity index (χ1v) is 11.5. The monoisotopic (exact) mass is 444 g/mol. The van der Waals surface area contributed by atoms with Crippen LogP contribution in [0.2, 0.25) is 0 Å². The predicted octanol–water partition coefficient (Wildman–Crippen LogP) is 1.91. The Morgan fingerprint density at radius 3 is 2.42 bits per heavy atom. The van der Waals surface area contributed by atoms with Gasteiger partial charge in [-0.2, -0.15) is 0 Å². The number of methoxy groups -OCH3 is 1. The average molecular weight is 445 g/mol. The van der Waals surface area contributed by atoms with Crippen LogP contribution >= 0.6 is 11.3 Å². The summed E-state index contributed by atoms with van der Waals surface area (Å²) in [7, 11) is 3.75. The lowest BCUT2D eigenvalue weighted by molar-refractivity contribution is -0.139. The van der Waals surface area contributed by atoms with Gasteiger partial charge in [0, 0.05) is 43.6 Å². The fourth-order valence-corrected chi connectivity index (χ4v) is 4.81. The highest BCUT2D eigenvalue weighted by Crippen LogP contribution is 2.29. The lowest BCUT2D eigenvalue weighted by Gasteiger charge is -2.40. The second-order valence-electron chi connectivity index (χ2n) is 7.92. The Labute approximate surface area is 188 Å². The van der Waals surface area contributed by atoms with Crippen LogP contribution in [0.3, 0.4) is 0 Å². The molecule has 7 nitrogen and oxygen atoms in total. The van der Waals surface area contributed by atoms with Crippen molar-refractivity contribution in [2.24, 2.45) is 0 Å². The molecule has 0 bridgehead atoms. The van der Waals surface area contributed by atoms with Crippen LogP contribution in [0.4, 0.5) is 0 Å². The van der Waals surface area contributed by atoms with Crippen LogP contribution in [0.15, 0.2) is 41.8 Å². The third-order valence-electron chi connectivity index (χ3n) is 5.66. The first-order valence-electron chi connectivity index (χ1n) is 10.7. The molecule has 2 atom stereocenters. The van der Waals surface area contributed by atoms with Gasteiger partial charge in [-0.05, 0) is 49.5 Å². The normalized spacial score (nSPS) is 17.0. The number of piperazine rings is 1. The molecule has 2 heterocycles. The Hall–Kier alpha value is -2.42. The summed E-state index contributed by atoms with van der Waals surface area (Å²) in [6, 6.07) is 11.7. The van der Waals surface area contributed by atoms with Gasteiger partial charge in [-0.1, -0.05) is 18.2 Å². The van der Waals surface area contributed by atoms with E-state index in [1.165, 1.54) is 4.88 Å². The smallest absolute Gasteiger partial charge is 0.309 e. The summed E-state index contributed by atoms with van der Waals surface area (Å²) in [6.45, 7) is 6.24. The SMILES string of the molecule is COc1ccc(CCNC(=O)C(=O)N[C@H](C)[C@H](c2cccs2)N2CCN(C)CC2)cc1. The minimum absolute atomic E-state index is 0.0600. The molecule has 0 saturated carbocycles. The number of carbonyl (C=O) groups excluding carboxylic acids is 2. The summed E-state index contributed by atoms with van der Waals surface area (Å²) in [6.07, 6.45) is 0.650. The molecule has 0 spiro atoms. The number of hydrogen-bond acceptors (Lipinski definition) is 6. The molecule has 2 amide bonds. The van der Waals surface area contributed by atoms with Crippen LogP contribution in [0, 0.1) is 0 Å². The number of thiophene rings is 1. The topological polar surface area (TPSA) is 73.9 Å². The van der Waals surface area contributed by atoms with Crippen molar-refractivity contribution < 1.29 is 14.3 Å². The Bertz CT molecular complexity index is 833. The molecule has 168 valence electrons. The molecule has 31 heavy (non-hydrogen) atoms. The maximum absolute atomic E-state index is 12.5. The van der Waals surface area contributed by atoms with E-state index < -0.39 is 11.8 Å². The Kier molecular flexibility index (Phi) is 8.45. The molecule has 1 aromatic carbocycles. The number of amides is 2. The van der Waals surface area contributed by atoms with Gasteiger partial charge in [0.25, 0.3) is 0 Å². The highest BCUT2D eigenvalue weighted by molar-refractivity contribution is 7.10.